The monoisotopic (exact) mass is 296 g/mol. The summed E-state index contributed by atoms with van der Waals surface area (Å²) in [7, 11) is 0. The van der Waals surface area contributed by atoms with Gasteiger partial charge in [0.05, 0.1) is 0 Å². The molecule has 0 radical (unpaired) electrons. The fourth-order valence-electron chi connectivity index (χ4n) is 2.35. The third-order valence-electron chi connectivity index (χ3n) is 4.15. The third-order valence-corrected chi connectivity index (χ3v) is 4.15. The highest BCUT2D eigenvalue weighted by molar-refractivity contribution is 5.91. The van der Waals surface area contributed by atoms with Crippen LogP contribution in [-0.4, -0.2) is 12.5 Å². The number of hydrogen-bond acceptors (Lipinski definition) is 2. The Balaban J connectivity index is 1.88. The van der Waals surface area contributed by atoms with Crippen molar-refractivity contribution in [3.8, 4) is 0 Å². The molecule has 0 aliphatic heterocycles. The molecule has 0 fully saturated rings. The Bertz CT molecular complexity index is 677. The van der Waals surface area contributed by atoms with E-state index < -0.39 is 0 Å². The highest BCUT2D eigenvalue weighted by Gasteiger charge is 2.06. The van der Waals surface area contributed by atoms with Crippen LogP contribution in [-0.2, 0) is 4.79 Å². The van der Waals surface area contributed by atoms with Crippen molar-refractivity contribution in [3.05, 3.63) is 58.7 Å². The fourth-order valence-corrected chi connectivity index (χ4v) is 2.35. The lowest BCUT2D eigenvalue weighted by atomic mass is 10.1. The second-order valence-corrected chi connectivity index (χ2v) is 5.72. The molecule has 22 heavy (non-hydrogen) atoms. The van der Waals surface area contributed by atoms with Gasteiger partial charge in [0.2, 0.25) is 5.91 Å². The molecule has 2 N–H and O–H groups in total. The van der Waals surface area contributed by atoms with Crippen LogP contribution in [0.5, 0.6) is 0 Å². The third kappa shape index (κ3) is 3.88. The Morgan fingerprint density at radius 1 is 0.864 bits per heavy atom. The largest absolute Gasteiger partial charge is 0.384 e. The van der Waals surface area contributed by atoms with Crippen molar-refractivity contribution in [1.82, 2.24) is 0 Å². The Morgan fingerprint density at radius 2 is 1.41 bits per heavy atom. The summed E-state index contributed by atoms with van der Waals surface area (Å²) < 4.78 is 0. The van der Waals surface area contributed by atoms with Crippen LogP contribution in [0.4, 0.5) is 11.4 Å². The summed E-state index contributed by atoms with van der Waals surface area (Å²) in [6.45, 7) is 8.88. The van der Waals surface area contributed by atoms with Crippen molar-refractivity contribution in [2.45, 2.75) is 34.1 Å². The standard InChI is InChI=1S/C19H24N2O/c1-13-7-5-9-17(15(13)3)20-12-11-19(22)21-18-10-6-8-14(2)16(18)4/h5-10,20H,11-12H2,1-4H3,(H,21,22). The second-order valence-electron chi connectivity index (χ2n) is 5.72. The SMILES string of the molecule is Cc1cccc(NCCC(=O)Nc2cccc(C)c2C)c1C. The van der Waals surface area contributed by atoms with E-state index >= 15 is 0 Å². The number of amides is 1. The van der Waals surface area contributed by atoms with E-state index in [4.69, 9.17) is 0 Å². The van der Waals surface area contributed by atoms with Gasteiger partial charge in [0.1, 0.15) is 0 Å². The molecular formula is C19H24N2O. The highest BCUT2D eigenvalue weighted by Crippen LogP contribution is 2.19. The van der Waals surface area contributed by atoms with Gasteiger partial charge in [-0.05, 0) is 62.1 Å². The normalized spacial score (nSPS) is 10.4. The summed E-state index contributed by atoms with van der Waals surface area (Å²) in [4.78, 5) is 12.1. The lowest BCUT2D eigenvalue weighted by molar-refractivity contribution is -0.115. The summed E-state index contributed by atoms with van der Waals surface area (Å²) in [5, 5.41) is 6.32. The van der Waals surface area contributed by atoms with Crippen LogP contribution < -0.4 is 10.6 Å². The number of benzene rings is 2. The molecule has 116 valence electrons. The molecule has 2 aromatic rings. The van der Waals surface area contributed by atoms with E-state index in [1.807, 2.05) is 44.2 Å². The molecule has 0 saturated carbocycles. The van der Waals surface area contributed by atoms with E-state index in [1.165, 1.54) is 16.7 Å². The summed E-state index contributed by atoms with van der Waals surface area (Å²) >= 11 is 0. The Morgan fingerprint density at radius 3 is 2.05 bits per heavy atom. The molecule has 0 bridgehead atoms. The lowest BCUT2D eigenvalue weighted by Gasteiger charge is -2.13. The number of nitrogens with one attached hydrogen (secondary N) is 2. The number of carbonyl (C=O) groups is 1. The van der Waals surface area contributed by atoms with Gasteiger partial charge in [-0.3, -0.25) is 4.79 Å². The van der Waals surface area contributed by atoms with Crippen LogP contribution in [0.2, 0.25) is 0 Å². The van der Waals surface area contributed by atoms with Crippen molar-refractivity contribution in [2.75, 3.05) is 17.2 Å². The van der Waals surface area contributed by atoms with Crippen LogP contribution in [0.25, 0.3) is 0 Å². The first-order chi connectivity index (χ1) is 10.5. The van der Waals surface area contributed by atoms with Gasteiger partial charge in [0.15, 0.2) is 0 Å². The van der Waals surface area contributed by atoms with Crippen LogP contribution in [0.3, 0.4) is 0 Å². The Labute approximate surface area is 132 Å². The van der Waals surface area contributed by atoms with Crippen LogP contribution in [0.15, 0.2) is 36.4 Å². The molecule has 0 aromatic heterocycles. The summed E-state index contributed by atoms with van der Waals surface area (Å²) in [6.07, 6.45) is 0.445. The zero-order chi connectivity index (χ0) is 16.1. The second kappa shape index (κ2) is 7.12. The molecule has 1 amide bonds. The predicted molar refractivity (Wildman–Crippen MR) is 93.6 cm³/mol. The van der Waals surface area contributed by atoms with E-state index in [1.54, 1.807) is 0 Å². The minimum atomic E-state index is 0.0338. The first-order valence-corrected chi connectivity index (χ1v) is 7.65. The van der Waals surface area contributed by atoms with Crippen molar-refractivity contribution in [1.29, 1.82) is 0 Å². The zero-order valence-corrected chi connectivity index (χ0v) is 13.8. The maximum absolute atomic E-state index is 12.1. The first kappa shape index (κ1) is 16.1. The van der Waals surface area contributed by atoms with Crippen LogP contribution in [0, 0.1) is 27.7 Å². The number of hydrogen-bond donors (Lipinski definition) is 2. The first-order valence-electron chi connectivity index (χ1n) is 7.65. The van der Waals surface area contributed by atoms with Crippen LogP contribution >= 0.6 is 0 Å². The molecule has 2 aromatic carbocycles. The van der Waals surface area contributed by atoms with Gasteiger partial charge in [-0.15, -0.1) is 0 Å². The van der Waals surface area contributed by atoms with Gasteiger partial charge in [-0.2, -0.15) is 0 Å². The predicted octanol–water partition coefficient (Wildman–Crippen LogP) is 4.36. The average Bonchev–Trinajstić information content (AvgIpc) is 2.48. The fraction of sp³-hybridized carbons (Fsp3) is 0.316. The number of anilines is 2. The number of rotatable bonds is 5. The van der Waals surface area contributed by atoms with Gasteiger partial charge in [-0.25, -0.2) is 0 Å². The maximum atomic E-state index is 12.1. The van der Waals surface area contributed by atoms with Crippen molar-refractivity contribution in [2.24, 2.45) is 0 Å². The van der Waals surface area contributed by atoms with E-state index in [0.29, 0.717) is 13.0 Å². The van der Waals surface area contributed by atoms with Gasteiger partial charge >= 0.3 is 0 Å². The molecule has 0 unspecified atom stereocenters. The summed E-state index contributed by atoms with van der Waals surface area (Å²) in [6, 6.07) is 12.1. The van der Waals surface area contributed by atoms with Gasteiger partial charge in [0.25, 0.3) is 0 Å². The van der Waals surface area contributed by atoms with Crippen molar-refractivity contribution >= 4 is 17.3 Å². The minimum absolute atomic E-state index is 0.0338. The van der Waals surface area contributed by atoms with Crippen LogP contribution in [0.1, 0.15) is 28.7 Å². The van der Waals surface area contributed by atoms with Gasteiger partial charge in [0, 0.05) is 24.3 Å². The molecule has 0 spiro atoms. The average molecular weight is 296 g/mol. The van der Waals surface area contributed by atoms with E-state index in [0.717, 1.165) is 16.9 Å². The smallest absolute Gasteiger partial charge is 0.226 e. The number of carbonyl (C=O) groups excluding carboxylic acids is 1. The molecule has 2 rings (SSSR count). The minimum Gasteiger partial charge on any atom is -0.384 e. The summed E-state index contributed by atoms with van der Waals surface area (Å²) in [5.74, 6) is 0.0338. The molecule has 0 aliphatic rings. The molecule has 3 nitrogen and oxygen atoms in total. The molecule has 0 saturated heterocycles. The molecule has 0 aliphatic carbocycles. The molecular weight excluding hydrogens is 272 g/mol. The Kier molecular flexibility index (Phi) is 5.21. The van der Waals surface area contributed by atoms with E-state index in [-0.39, 0.29) is 5.91 Å². The van der Waals surface area contributed by atoms with Crippen molar-refractivity contribution < 1.29 is 4.79 Å². The van der Waals surface area contributed by atoms with Gasteiger partial charge < -0.3 is 10.6 Å². The summed E-state index contributed by atoms with van der Waals surface area (Å²) in [5.41, 5.74) is 6.79. The number of aryl methyl sites for hydroxylation is 2. The zero-order valence-electron chi connectivity index (χ0n) is 13.8. The van der Waals surface area contributed by atoms with Crippen molar-refractivity contribution in [3.63, 3.8) is 0 Å². The van der Waals surface area contributed by atoms with Gasteiger partial charge in [-0.1, -0.05) is 24.3 Å². The Hall–Kier alpha value is -2.29. The molecule has 0 atom stereocenters. The quantitative estimate of drug-likeness (QED) is 0.860. The van der Waals surface area contributed by atoms with E-state index in [9.17, 15) is 4.79 Å². The lowest BCUT2D eigenvalue weighted by Crippen LogP contribution is -2.17. The highest BCUT2D eigenvalue weighted by atomic mass is 16.1. The molecule has 0 heterocycles. The van der Waals surface area contributed by atoms with E-state index in [2.05, 4.69) is 30.5 Å². The molecule has 3 heteroatoms. The maximum Gasteiger partial charge on any atom is 0.226 e. The topological polar surface area (TPSA) is 41.1 Å².